The third-order valence-corrected chi connectivity index (χ3v) is 5.53. The van der Waals surface area contributed by atoms with Crippen LogP contribution >= 0.6 is 0 Å². The molecule has 8 heteroatoms. The van der Waals surface area contributed by atoms with Gasteiger partial charge in [0.05, 0.1) is 18.1 Å². The van der Waals surface area contributed by atoms with E-state index in [-0.39, 0.29) is 18.1 Å². The summed E-state index contributed by atoms with van der Waals surface area (Å²) in [5.41, 5.74) is 1.78. The van der Waals surface area contributed by atoms with E-state index in [2.05, 4.69) is 0 Å². The molecule has 6 nitrogen and oxygen atoms in total. The summed E-state index contributed by atoms with van der Waals surface area (Å²) >= 11 is 0. The Morgan fingerprint density at radius 3 is 2.44 bits per heavy atom. The summed E-state index contributed by atoms with van der Waals surface area (Å²) in [4.78, 5) is -0.115. The molecule has 146 valence electrons. The van der Waals surface area contributed by atoms with Crippen LogP contribution in [-0.2, 0) is 30.4 Å². The van der Waals surface area contributed by atoms with Crippen LogP contribution in [0.2, 0.25) is 0 Å². The van der Waals surface area contributed by atoms with E-state index in [4.69, 9.17) is 13.7 Å². The Hall–Kier alpha value is -1.84. The Morgan fingerprint density at radius 2 is 1.78 bits per heavy atom. The second kappa shape index (κ2) is 8.45. The van der Waals surface area contributed by atoms with Gasteiger partial charge in [0, 0.05) is 0 Å². The zero-order valence-corrected chi connectivity index (χ0v) is 15.5. The number of aliphatic hydroxyl groups excluding tert-OH is 1. The highest BCUT2D eigenvalue weighted by Crippen LogP contribution is 2.29. The number of rotatable bonds is 7. The molecule has 0 radical (unpaired) electrons. The first-order valence-corrected chi connectivity index (χ1v) is 9.87. The average Bonchev–Trinajstić information content (AvgIpc) is 2.90. The van der Waals surface area contributed by atoms with Crippen molar-refractivity contribution in [1.82, 2.24) is 0 Å². The van der Waals surface area contributed by atoms with Crippen molar-refractivity contribution in [2.45, 2.75) is 43.1 Å². The van der Waals surface area contributed by atoms with Crippen LogP contribution in [0.15, 0.2) is 59.5 Å². The van der Waals surface area contributed by atoms with Crippen molar-refractivity contribution in [3.05, 3.63) is 65.7 Å². The van der Waals surface area contributed by atoms with Crippen LogP contribution in [0.4, 0.5) is 4.39 Å². The van der Waals surface area contributed by atoms with E-state index in [1.807, 2.05) is 37.3 Å². The van der Waals surface area contributed by atoms with E-state index in [0.29, 0.717) is 0 Å². The number of hydrogen-bond donors (Lipinski definition) is 1. The van der Waals surface area contributed by atoms with Gasteiger partial charge in [0.15, 0.2) is 18.6 Å². The van der Waals surface area contributed by atoms with Gasteiger partial charge in [-0.3, -0.25) is 4.18 Å². The van der Waals surface area contributed by atoms with E-state index in [9.17, 15) is 17.9 Å². The number of benzene rings is 2. The molecule has 1 saturated heterocycles. The van der Waals surface area contributed by atoms with Crippen molar-refractivity contribution in [3.8, 4) is 0 Å². The Balaban J connectivity index is 1.59. The largest absolute Gasteiger partial charge is 0.374 e. The molecular weight excluding hydrogens is 375 g/mol. The molecule has 0 amide bonds. The molecule has 1 fully saturated rings. The van der Waals surface area contributed by atoms with E-state index in [1.165, 1.54) is 12.1 Å². The first kappa shape index (κ1) is 19.9. The van der Waals surface area contributed by atoms with E-state index >= 15 is 0 Å². The summed E-state index contributed by atoms with van der Waals surface area (Å²) in [5.74, 6) is 0. The summed E-state index contributed by atoms with van der Waals surface area (Å²) < 4.78 is 54.6. The average molecular weight is 396 g/mol. The second-order valence-corrected chi connectivity index (χ2v) is 7.91. The van der Waals surface area contributed by atoms with E-state index in [0.717, 1.165) is 11.1 Å². The van der Waals surface area contributed by atoms with Gasteiger partial charge in [-0.2, -0.15) is 8.42 Å². The fourth-order valence-electron chi connectivity index (χ4n) is 2.71. The lowest BCUT2D eigenvalue weighted by molar-refractivity contribution is -0.133. The van der Waals surface area contributed by atoms with Gasteiger partial charge >= 0.3 is 0 Å². The number of alkyl halides is 1. The molecule has 0 saturated carbocycles. The summed E-state index contributed by atoms with van der Waals surface area (Å²) in [5, 5.41) is 9.89. The third kappa shape index (κ3) is 4.91. The molecule has 0 spiro atoms. The molecule has 1 aliphatic heterocycles. The quantitative estimate of drug-likeness (QED) is 0.724. The van der Waals surface area contributed by atoms with Crippen LogP contribution in [0.5, 0.6) is 0 Å². The number of aryl methyl sites for hydroxylation is 1. The summed E-state index contributed by atoms with van der Waals surface area (Å²) in [6.45, 7) is 1.91. The predicted molar refractivity (Wildman–Crippen MR) is 95.1 cm³/mol. The van der Waals surface area contributed by atoms with Gasteiger partial charge in [-0.1, -0.05) is 48.0 Å². The van der Waals surface area contributed by atoms with Gasteiger partial charge in [-0.25, -0.2) is 4.39 Å². The van der Waals surface area contributed by atoms with Gasteiger partial charge in [0.2, 0.25) is 0 Å². The normalized spacial score (nSPS) is 25.6. The summed E-state index contributed by atoms with van der Waals surface area (Å²) in [6.07, 6.45) is -6.33. The van der Waals surface area contributed by atoms with Gasteiger partial charge in [0.1, 0.15) is 6.10 Å². The predicted octanol–water partition coefficient (Wildman–Crippen LogP) is 2.34. The fraction of sp³-hybridized carbons (Fsp3) is 0.368. The molecule has 1 aliphatic rings. The highest BCUT2D eigenvalue weighted by Gasteiger charge is 2.47. The van der Waals surface area contributed by atoms with Crippen molar-refractivity contribution in [1.29, 1.82) is 0 Å². The van der Waals surface area contributed by atoms with Crippen LogP contribution < -0.4 is 0 Å². The van der Waals surface area contributed by atoms with Gasteiger partial charge < -0.3 is 14.6 Å². The van der Waals surface area contributed by atoms with Crippen LogP contribution in [0.3, 0.4) is 0 Å². The van der Waals surface area contributed by atoms with Crippen molar-refractivity contribution in [2.24, 2.45) is 0 Å². The minimum atomic E-state index is -4.23. The molecule has 3 rings (SSSR count). The molecule has 1 N–H and O–H groups in total. The highest BCUT2D eigenvalue weighted by molar-refractivity contribution is 7.86. The Labute approximate surface area is 157 Å². The molecule has 0 bridgehead atoms. The number of ether oxygens (including phenoxy) is 2. The summed E-state index contributed by atoms with van der Waals surface area (Å²) in [7, 11) is -4.23. The van der Waals surface area contributed by atoms with Crippen LogP contribution in [0.1, 0.15) is 11.1 Å². The minimum absolute atomic E-state index is 0.115. The van der Waals surface area contributed by atoms with Crippen LogP contribution in [0, 0.1) is 6.92 Å². The van der Waals surface area contributed by atoms with E-state index in [1.54, 1.807) is 12.1 Å². The maximum Gasteiger partial charge on any atom is 0.297 e. The maximum absolute atomic E-state index is 14.6. The molecule has 4 atom stereocenters. The smallest absolute Gasteiger partial charge is 0.297 e. The molecule has 0 aliphatic carbocycles. The highest BCUT2D eigenvalue weighted by atomic mass is 32.2. The topological polar surface area (TPSA) is 82.1 Å². The Bertz CT molecular complexity index is 840. The lowest BCUT2D eigenvalue weighted by Gasteiger charge is -2.16. The second-order valence-electron chi connectivity index (χ2n) is 6.34. The monoisotopic (exact) mass is 396 g/mol. The van der Waals surface area contributed by atoms with Crippen molar-refractivity contribution < 1.29 is 31.6 Å². The maximum atomic E-state index is 14.6. The van der Waals surface area contributed by atoms with E-state index < -0.39 is 34.8 Å². The third-order valence-electron chi connectivity index (χ3n) is 4.21. The van der Waals surface area contributed by atoms with Crippen LogP contribution in [0.25, 0.3) is 0 Å². The first-order valence-electron chi connectivity index (χ1n) is 8.46. The molecule has 0 aromatic heterocycles. The summed E-state index contributed by atoms with van der Waals surface area (Å²) in [6, 6.07) is 15.2. The minimum Gasteiger partial charge on any atom is -0.374 e. The fourth-order valence-corrected chi connectivity index (χ4v) is 3.78. The van der Waals surface area contributed by atoms with Gasteiger partial charge in [-0.15, -0.1) is 0 Å². The number of halogens is 1. The number of hydrogen-bond acceptors (Lipinski definition) is 6. The SMILES string of the molecule is Cc1ccc(S(=O)(=O)O[C@H]2[C@H](F)[C@@H](COCc3ccccc3)O[C@@H]2O)cc1. The Morgan fingerprint density at radius 1 is 1.11 bits per heavy atom. The first-order chi connectivity index (χ1) is 12.9. The van der Waals surface area contributed by atoms with Crippen molar-refractivity contribution in [3.63, 3.8) is 0 Å². The molecule has 2 aromatic carbocycles. The van der Waals surface area contributed by atoms with Gasteiger partial charge in [-0.05, 0) is 24.6 Å². The zero-order valence-electron chi connectivity index (χ0n) is 14.7. The van der Waals surface area contributed by atoms with Gasteiger partial charge in [0.25, 0.3) is 10.1 Å². The number of aliphatic hydroxyl groups is 1. The Kier molecular flexibility index (Phi) is 6.23. The standard InChI is InChI=1S/C19H21FO6S/c1-13-7-9-15(10-8-13)27(22,23)26-18-17(20)16(25-19(18)21)12-24-11-14-5-3-2-4-6-14/h2-10,16-19,21H,11-12H2,1H3/t16-,17-,18+,19+/m1/s1. The molecule has 2 aromatic rings. The molecule has 0 unspecified atom stereocenters. The lowest BCUT2D eigenvalue weighted by Crippen LogP contribution is -2.35. The molecular formula is C19H21FO6S. The molecule has 1 heterocycles. The van der Waals surface area contributed by atoms with Crippen molar-refractivity contribution in [2.75, 3.05) is 6.61 Å². The van der Waals surface area contributed by atoms with Crippen LogP contribution in [-0.4, -0.2) is 44.8 Å². The molecule has 27 heavy (non-hydrogen) atoms. The lowest BCUT2D eigenvalue weighted by atomic mass is 10.2. The van der Waals surface area contributed by atoms with Crippen molar-refractivity contribution >= 4 is 10.1 Å². The zero-order chi connectivity index (χ0) is 19.4.